The van der Waals surface area contributed by atoms with Crippen LogP contribution in [-0.4, -0.2) is 39.0 Å². The van der Waals surface area contributed by atoms with Crippen LogP contribution in [0.25, 0.3) is 0 Å². The van der Waals surface area contributed by atoms with Gasteiger partial charge in [0.1, 0.15) is 5.82 Å². The number of nitrogens with zero attached hydrogens (tertiary/aromatic N) is 2. The number of hydrogen-bond acceptors (Lipinski definition) is 3. The van der Waals surface area contributed by atoms with E-state index in [1.165, 1.54) is 0 Å². The number of rotatable bonds is 5. The molecule has 1 aromatic carbocycles. The number of carbonyl (C=O) groups is 1. The summed E-state index contributed by atoms with van der Waals surface area (Å²) in [7, 11) is 0. The molecule has 2 N–H and O–H groups in total. The number of hydrogen-bond donors (Lipinski definition) is 2. The molecule has 1 aliphatic rings. The smallest absolute Gasteiger partial charge is 0.226 e. The number of aliphatic hydroxyl groups is 1. The normalized spacial score (nSPS) is 16.9. The van der Waals surface area contributed by atoms with E-state index in [1.807, 2.05) is 37.3 Å². The van der Waals surface area contributed by atoms with Crippen molar-refractivity contribution in [3.63, 3.8) is 0 Å². The van der Waals surface area contributed by atoms with Crippen LogP contribution in [0, 0.1) is 12.8 Å². The number of aryl methyl sites for hydroxylation is 2. The molecule has 1 unspecified atom stereocenters. The first-order chi connectivity index (χ1) is 11.2. The highest BCUT2D eigenvalue weighted by Crippen LogP contribution is 2.26. The lowest BCUT2D eigenvalue weighted by Gasteiger charge is -2.28. The summed E-state index contributed by atoms with van der Waals surface area (Å²) in [6.45, 7) is 2.85. The summed E-state index contributed by atoms with van der Waals surface area (Å²) < 4.78 is 0. The summed E-state index contributed by atoms with van der Waals surface area (Å²) >= 11 is 0. The fourth-order valence-electron chi connectivity index (χ4n) is 3.28. The predicted molar refractivity (Wildman–Crippen MR) is 87.8 cm³/mol. The molecule has 0 aliphatic heterocycles. The number of aliphatic hydroxyl groups excluding tert-OH is 1. The summed E-state index contributed by atoms with van der Waals surface area (Å²) in [6.07, 6.45) is 2.38. The van der Waals surface area contributed by atoms with E-state index < -0.39 is 0 Å². The maximum atomic E-state index is 12.9. The molecule has 5 nitrogen and oxygen atoms in total. The molecule has 0 saturated heterocycles. The minimum absolute atomic E-state index is 0.0142. The van der Waals surface area contributed by atoms with Crippen molar-refractivity contribution in [2.24, 2.45) is 5.92 Å². The van der Waals surface area contributed by atoms with Gasteiger partial charge in [-0.3, -0.25) is 4.79 Å². The molecular weight excluding hydrogens is 290 g/mol. The highest BCUT2D eigenvalue weighted by molar-refractivity contribution is 5.79. The molecule has 5 heteroatoms. The molecule has 0 fully saturated rings. The summed E-state index contributed by atoms with van der Waals surface area (Å²) in [5.41, 5.74) is 3.28. The third-order valence-corrected chi connectivity index (χ3v) is 4.41. The number of imidazole rings is 1. The first-order valence-corrected chi connectivity index (χ1v) is 8.15. The fourth-order valence-corrected chi connectivity index (χ4v) is 3.28. The van der Waals surface area contributed by atoms with Crippen molar-refractivity contribution < 1.29 is 9.90 Å². The van der Waals surface area contributed by atoms with Crippen LogP contribution >= 0.6 is 0 Å². The van der Waals surface area contributed by atoms with Crippen LogP contribution in [0.15, 0.2) is 30.3 Å². The average molecular weight is 313 g/mol. The Labute approximate surface area is 136 Å². The van der Waals surface area contributed by atoms with Gasteiger partial charge in [0.15, 0.2) is 0 Å². The van der Waals surface area contributed by atoms with Gasteiger partial charge >= 0.3 is 0 Å². The van der Waals surface area contributed by atoms with Crippen LogP contribution in [0.3, 0.4) is 0 Å². The van der Waals surface area contributed by atoms with E-state index >= 15 is 0 Å². The van der Waals surface area contributed by atoms with Gasteiger partial charge in [-0.1, -0.05) is 30.3 Å². The molecular formula is C18H23N3O2. The van der Waals surface area contributed by atoms with E-state index in [0.29, 0.717) is 19.5 Å². The maximum Gasteiger partial charge on any atom is 0.226 e. The Morgan fingerprint density at radius 1 is 1.39 bits per heavy atom. The van der Waals surface area contributed by atoms with Gasteiger partial charge in [-0.15, -0.1) is 0 Å². The van der Waals surface area contributed by atoms with E-state index in [-0.39, 0.29) is 18.4 Å². The number of fused-ring (bicyclic) bond motifs is 1. The Morgan fingerprint density at radius 3 is 2.91 bits per heavy atom. The molecule has 3 rings (SSSR count). The van der Waals surface area contributed by atoms with Crippen LogP contribution in [0.1, 0.15) is 29.2 Å². The standard InChI is InChI=1S/C18H23N3O2/c1-13-19-16-8-7-15(11-17(16)20-13)18(23)21(9-10-22)12-14-5-3-2-4-6-14/h2-6,15,22H,7-12H2,1H3,(H,19,20). The van der Waals surface area contributed by atoms with Crippen LogP contribution in [0.5, 0.6) is 0 Å². The topological polar surface area (TPSA) is 69.2 Å². The molecule has 0 saturated carbocycles. The second-order valence-electron chi connectivity index (χ2n) is 6.16. The molecule has 1 heterocycles. The molecule has 0 bridgehead atoms. The van der Waals surface area contributed by atoms with Gasteiger partial charge < -0.3 is 15.0 Å². The molecule has 122 valence electrons. The SMILES string of the molecule is Cc1nc2c([nH]1)CC(C(=O)N(CCO)Cc1ccccc1)CC2. The highest BCUT2D eigenvalue weighted by atomic mass is 16.3. The third-order valence-electron chi connectivity index (χ3n) is 4.41. The minimum atomic E-state index is -0.0300. The largest absolute Gasteiger partial charge is 0.395 e. The number of carbonyl (C=O) groups excluding carboxylic acids is 1. The number of amides is 1. The zero-order valence-electron chi connectivity index (χ0n) is 13.5. The Balaban J connectivity index is 1.71. The Morgan fingerprint density at radius 2 is 2.17 bits per heavy atom. The summed E-state index contributed by atoms with van der Waals surface area (Å²) in [5, 5.41) is 9.31. The van der Waals surface area contributed by atoms with Gasteiger partial charge in [-0.25, -0.2) is 4.98 Å². The monoisotopic (exact) mass is 313 g/mol. The zero-order valence-corrected chi connectivity index (χ0v) is 13.5. The van der Waals surface area contributed by atoms with Crippen LogP contribution in [0.2, 0.25) is 0 Å². The van der Waals surface area contributed by atoms with Crippen molar-refractivity contribution in [2.75, 3.05) is 13.2 Å². The van der Waals surface area contributed by atoms with Gasteiger partial charge in [0.25, 0.3) is 0 Å². The second-order valence-corrected chi connectivity index (χ2v) is 6.16. The Hall–Kier alpha value is -2.14. The van der Waals surface area contributed by atoms with E-state index in [2.05, 4.69) is 9.97 Å². The molecule has 1 aromatic heterocycles. The van der Waals surface area contributed by atoms with Crippen molar-refractivity contribution in [3.8, 4) is 0 Å². The molecule has 0 radical (unpaired) electrons. The van der Waals surface area contributed by atoms with Crippen molar-refractivity contribution >= 4 is 5.91 Å². The molecule has 2 aromatic rings. The van der Waals surface area contributed by atoms with Crippen LogP contribution in [0.4, 0.5) is 0 Å². The lowest BCUT2D eigenvalue weighted by Crippen LogP contribution is -2.39. The van der Waals surface area contributed by atoms with Gasteiger partial charge in [-0.05, 0) is 25.3 Å². The second kappa shape index (κ2) is 6.96. The van der Waals surface area contributed by atoms with Gasteiger partial charge in [-0.2, -0.15) is 0 Å². The quantitative estimate of drug-likeness (QED) is 0.885. The van der Waals surface area contributed by atoms with E-state index in [1.54, 1.807) is 4.90 Å². The van der Waals surface area contributed by atoms with E-state index in [4.69, 9.17) is 0 Å². The molecule has 1 atom stereocenters. The van der Waals surface area contributed by atoms with E-state index in [9.17, 15) is 9.90 Å². The van der Waals surface area contributed by atoms with Crippen molar-refractivity contribution in [3.05, 3.63) is 53.1 Å². The van der Waals surface area contributed by atoms with Crippen molar-refractivity contribution in [1.29, 1.82) is 0 Å². The Bertz CT molecular complexity index is 666. The lowest BCUT2D eigenvalue weighted by molar-refractivity contribution is -0.137. The van der Waals surface area contributed by atoms with Crippen molar-refractivity contribution in [1.82, 2.24) is 14.9 Å². The first-order valence-electron chi connectivity index (χ1n) is 8.15. The number of aromatic nitrogens is 2. The number of benzene rings is 1. The Kier molecular flexibility index (Phi) is 4.76. The van der Waals surface area contributed by atoms with Crippen molar-refractivity contribution in [2.45, 2.75) is 32.7 Å². The summed E-state index contributed by atoms with van der Waals surface area (Å²) in [4.78, 5) is 22.4. The summed E-state index contributed by atoms with van der Waals surface area (Å²) in [6, 6.07) is 9.92. The fraction of sp³-hybridized carbons (Fsp3) is 0.444. The number of H-pyrrole nitrogens is 1. The average Bonchev–Trinajstić information content (AvgIpc) is 2.94. The van der Waals surface area contributed by atoms with Gasteiger partial charge in [0, 0.05) is 31.1 Å². The molecule has 1 amide bonds. The van der Waals surface area contributed by atoms with Gasteiger partial charge in [0.2, 0.25) is 5.91 Å². The molecule has 1 aliphatic carbocycles. The molecule has 23 heavy (non-hydrogen) atoms. The van der Waals surface area contributed by atoms with Crippen LogP contribution in [-0.2, 0) is 24.2 Å². The predicted octanol–water partition coefficient (Wildman–Crippen LogP) is 1.84. The van der Waals surface area contributed by atoms with E-state index in [0.717, 1.165) is 35.6 Å². The van der Waals surface area contributed by atoms with Gasteiger partial charge in [0.05, 0.1) is 12.3 Å². The van der Waals surface area contributed by atoms with Crippen LogP contribution < -0.4 is 0 Å². The maximum absolute atomic E-state index is 12.9. The zero-order chi connectivity index (χ0) is 16.2. The first kappa shape index (κ1) is 15.7. The molecule has 0 spiro atoms. The minimum Gasteiger partial charge on any atom is -0.395 e. The number of nitrogens with one attached hydrogen (secondary N) is 1. The summed E-state index contributed by atoms with van der Waals surface area (Å²) in [5.74, 6) is 1.01. The highest BCUT2D eigenvalue weighted by Gasteiger charge is 2.29. The lowest BCUT2D eigenvalue weighted by atomic mass is 9.88. The number of aromatic amines is 1. The third kappa shape index (κ3) is 3.62.